The molecule has 1 aliphatic rings. The summed E-state index contributed by atoms with van der Waals surface area (Å²) in [6.45, 7) is 9.17. The van der Waals surface area contributed by atoms with Gasteiger partial charge in [0, 0.05) is 32.7 Å². The van der Waals surface area contributed by atoms with Crippen LogP contribution in [0.4, 0.5) is 0 Å². The van der Waals surface area contributed by atoms with Gasteiger partial charge in [0.2, 0.25) is 0 Å². The smallest absolute Gasteiger partial charge is 0 e. The van der Waals surface area contributed by atoms with Crippen LogP contribution in [0, 0.1) is 32.1 Å². The summed E-state index contributed by atoms with van der Waals surface area (Å²) in [5, 5.41) is 0. The largest absolute Gasteiger partial charge is 0.325 e. The first-order chi connectivity index (χ1) is 7.58. The van der Waals surface area contributed by atoms with Crippen LogP contribution in [0.25, 0.3) is 0 Å². The van der Waals surface area contributed by atoms with E-state index in [-0.39, 0.29) is 32.7 Å². The van der Waals surface area contributed by atoms with E-state index in [0.717, 1.165) is 17.8 Å². The Morgan fingerprint density at radius 1 is 1.18 bits per heavy atom. The van der Waals surface area contributed by atoms with Gasteiger partial charge in [-0.2, -0.15) is 12.3 Å². The normalized spacial score (nSPS) is 28.6. The molecule has 1 aromatic carbocycles. The molecule has 0 saturated heterocycles. The summed E-state index contributed by atoms with van der Waals surface area (Å²) in [7, 11) is 0. The fourth-order valence-electron chi connectivity index (χ4n) is 2.91. The Balaban J connectivity index is 0.00000144. The van der Waals surface area contributed by atoms with Crippen LogP contribution in [0.1, 0.15) is 49.3 Å². The van der Waals surface area contributed by atoms with Gasteiger partial charge in [0.25, 0.3) is 0 Å². The Labute approximate surface area is 131 Å². The molecule has 0 amide bonds. The second kappa shape index (κ2) is 6.48. The van der Waals surface area contributed by atoms with Crippen molar-refractivity contribution in [2.24, 2.45) is 11.8 Å². The molecule has 1 radical (unpaired) electrons. The van der Waals surface area contributed by atoms with Crippen molar-refractivity contribution in [1.29, 1.82) is 0 Å². The Morgan fingerprint density at radius 3 is 2.47 bits per heavy atom. The molecule has 0 heterocycles. The topological polar surface area (TPSA) is 0 Å². The van der Waals surface area contributed by atoms with E-state index in [9.17, 15) is 0 Å². The van der Waals surface area contributed by atoms with Gasteiger partial charge in [-0.05, 0) is 37.3 Å². The van der Waals surface area contributed by atoms with Gasteiger partial charge >= 0.3 is 0 Å². The quantitative estimate of drug-likeness (QED) is 0.662. The van der Waals surface area contributed by atoms with Crippen molar-refractivity contribution in [3.8, 4) is 0 Å². The standard InChI is InChI=1S/C16H23.Y/c1-11-5-8-16(14(4)9-11)15-7-6-12(2)13(3)10-15;/h5-6,8-9,12-13,15H,7,10H2,1-4H3;/q-1;. The second-order valence-electron chi connectivity index (χ2n) is 5.60. The van der Waals surface area contributed by atoms with Crippen molar-refractivity contribution in [3.05, 3.63) is 41.3 Å². The SMILES string of the molecule is Cc1ccc(C2C[CH-]C(C)C(C)C2)c(C)c1.[Y]. The summed E-state index contributed by atoms with van der Waals surface area (Å²) < 4.78 is 0. The maximum absolute atomic E-state index is 2.51. The molecule has 0 nitrogen and oxygen atoms in total. The summed E-state index contributed by atoms with van der Waals surface area (Å²) in [5.74, 6) is 2.38. The van der Waals surface area contributed by atoms with E-state index >= 15 is 0 Å². The van der Waals surface area contributed by atoms with Crippen LogP contribution in [-0.2, 0) is 32.7 Å². The summed E-state index contributed by atoms with van der Waals surface area (Å²) in [6, 6.07) is 6.91. The average molecular weight is 304 g/mol. The molecule has 1 heteroatoms. The molecule has 0 N–H and O–H groups in total. The van der Waals surface area contributed by atoms with Gasteiger partial charge in [-0.25, -0.2) is 0 Å². The van der Waals surface area contributed by atoms with Crippen molar-refractivity contribution in [3.63, 3.8) is 0 Å². The molecule has 1 aliphatic carbocycles. The van der Waals surface area contributed by atoms with Gasteiger partial charge in [-0.1, -0.05) is 43.5 Å². The van der Waals surface area contributed by atoms with Gasteiger partial charge < -0.3 is 6.42 Å². The van der Waals surface area contributed by atoms with E-state index in [1.165, 1.54) is 24.0 Å². The molecule has 3 atom stereocenters. The van der Waals surface area contributed by atoms with E-state index in [4.69, 9.17) is 0 Å². The summed E-state index contributed by atoms with van der Waals surface area (Å²) in [6.07, 6.45) is 5.12. The number of rotatable bonds is 1. The number of aryl methyl sites for hydroxylation is 2. The molecular formula is C16H23Y-. The van der Waals surface area contributed by atoms with Crippen LogP contribution in [0.5, 0.6) is 0 Å². The summed E-state index contributed by atoms with van der Waals surface area (Å²) in [4.78, 5) is 0. The predicted octanol–water partition coefficient (Wildman–Crippen LogP) is 4.65. The molecule has 2 rings (SSSR count). The van der Waals surface area contributed by atoms with Crippen molar-refractivity contribution in [2.75, 3.05) is 0 Å². The Bertz CT molecular complexity index is 370. The number of hydrogen-bond donors (Lipinski definition) is 0. The maximum Gasteiger partial charge on any atom is 0 e. The van der Waals surface area contributed by atoms with Crippen LogP contribution >= 0.6 is 0 Å². The first kappa shape index (κ1) is 15.4. The second-order valence-corrected chi connectivity index (χ2v) is 5.60. The Hall–Kier alpha value is 0.324. The minimum Gasteiger partial charge on any atom is -0.325 e. The third-order valence-electron chi connectivity index (χ3n) is 4.21. The molecule has 91 valence electrons. The van der Waals surface area contributed by atoms with Crippen molar-refractivity contribution in [2.45, 2.75) is 46.5 Å². The predicted molar refractivity (Wildman–Crippen MR) is 70.5 cm³/mol. The van der Waals surface area contributed by atoms with Gasteiger partial charge in [0.05, 0.1) is 0 Å². The van der Waals surface area contributed by atoms with Gasteiger partial charge in [-0.15, -0.1) is 0 Å². The average Bonchev–Trinajstić information content (AvgIpc) is 2.22. The Kier molecular flexibility index (Phi) is 5.86. The third-order valence-corrected chi connectivity index (χ3v) is 4.21. The minimum absolute atomic E-state index is 0. The van der Waals surface area contributed by atoms with Gasteiger partial charge in [0.1, 0.15) is 0 Å². The van der Waals surface area contributed by atoms with E-state index < -0.39 is 0 Å². The third kappa shape index (κ3) is 3.64. The van der Waals surface area contributed by atoms with Crippen molar-refractivity contribution < 1.29 is 32.7 Å². The zero-order valence-corrected chi connectivity index (χ0v) is 14.4. The molecule has 0 aliphatic heterocycles. The van der Waals surface area contributed by atoms with E-state index in [1.807, 2.05) is 0 Å². The molecule has 1 aromatic rings. The van der Waals surface area contributed by atoms with Crippen LogP contribution in [0.2, 0.25) is 0 Å². The van der Waals surface area contributed by atoms with Gasteiger partial charge in [0.15, 0.2) is 0 Å². The fraction of sp³-hybridized carbons (Fsp3) is 0.562. The first-order valence-corrected chi connectivity index (χ1v) is 6.48. The number of hydrogen-bond acceptors (Lipinski definition) is 0. The van der Waals surface area contributed by atoms with Crippen LogP contribution in [0.3, 0.4) is 0 Å². The summed E-state index contributed by atoms with van der Waals surface area (Å²) >= 11 is 0. The summed E-state index contributed by atoms with van der Waals surface area (Å²) in [5.41, 5.74) is 4.42. The van der Waals surface area contributed by atoms with E-state index in [1.54, 1.807) is 5.56 Å². The van der Waals surface area contributed by atoms with Gasteiger partial charge in [-0.3, -0.25) is 0 Å². The minimum atomic E-state index is 0. The van der Waals surface area contributed by atoms with Crippen LogP contribution < -0.4 is 0 Å². The van der Waals surface area contributed by atoms with E-state index in [0.29, 0.717) is 0 Å². The van der Waals surface area contributed by atoms with Crippen LogP contribution in [0.15, 0.2) is 18.2 Å². The molecule has 1 saturated carbocycles. The molecule has 3 unspecified atom stereocenters. The van der Waals surface area contributed by atoms with Crippen molar-refractivity contribution in [1.82, 2.24) is 0 Å². The zero-order valence-electron chi connectivity index (χ0n) is 11.5. The molecule has 17 heavy (non-hydrogen) atoms. The molecular weight excluding hydrogens is 281 g/mol. The zero-order chi connectivity index (χ0) is 11.7. The van der Waals surface area contributed by atoms with Crippen molar-refractivity contribution >= 4 is 0 Å². The fourth-order valence-corrected chi connectivity index (χ4v) is 2.91. The van der Waals surface area contributed by atoms with Crippen LogP contribution in [-0.4, -0.2) is 0 Å². The molecule has 0 spiro atoms. The molecule has 0 aromatic heterocycles. The number of benzene rings is 1. The van der Waals surface area contributed by atoms with E-state index in [2.05, 4.69) is 52.3 Å². The maximum atomic E-state index is 2.51. The molecule has 0 bridgehead atoms. The Morgan fingerprint density at radius 2 is 1.88 bits per heavy atom. The molecule has 1 fully saturated rings. The first-order valence-electron chi connectivity index (χ1n) is 6.48. The monoisotopic (exact) mass is 304 g/mol.